The Morgan fingerprint density at radius 3 is 1.64 bits per heavy atom. The van der Waals surface area contributed by atoms with Crippen LogP contribution in [0.4, 0.5) is 0 Å². The van der Waals surface area contributed by atoms with E-state index in [0.29, 0.717) is 4.08 Å². The van der Waals surface area contributed by atoms with Crippen LogP contribution >= 0.6 is 59.3 Å². The summed E-state index contributed by atoms with van der Waals surface area (Å²) in [7, 11) is 1.99. The molecule has 2 aliphatic heterocycles. The molecule has 2 saturated heterocycles. The highest BCUT2D eigenvalue weighted by atomic mass is 32.3. The molecule has 2 aliphatic rings. The first-order chi connectivity index (χ1) is 10.3. The Kier molecular flexibility index (Phi) is 13.4. The molecule has 0 amide bonds. The van der Waals surface area contributed by atoms with E-state index >= 15 is 0 Å². The molecular weight excluding hydrogens is 367 g/mol. The van der Waals surface area contributed by atoms with Crippen LogP contribution in [0.5, 0.6) is 0 Å². The smallest absolute Gasteiger partial charge is 0.0745 e. The van der Waals surface area contributed by atoms with Crippen LogP contribution < -0.4 is 0 Å². The van der Waals surface area contributed by atoms with Gasteiger partial charge in [0, 0.05) is 29.7 Å². The van der Waals surface area contributed by atoms with Crippen LogP contribution in [0.2, 0.25) is 0 Å². The normalized spacial score (nSPS) is 20.1. The largest absolute Gasteiger partial charge is 0.370 e. The van der Waals surface area contributed by atoms with Crippen molar-refractivity contribution >= 4 is 64.3 Å². The number of rotatable bonds is 3. The topological polar surface area (TPSA) is 3.24 Å². The summed E-state index contributed by atoms with van der Waals surface area (Å²) in [4.78, 5) is 2.98. The minimum atomic E-state index is 0.528. The lowest BCUT2D eigenvalue weighted by atomic mass is 10.5. The molecule has 6 heteroatoms. The number of hydrogen-bond acceptors (Lipinski definition) is 5. The summed E-state index contributed by atoms with van der Waals surface area (Å²) >= 11 is 13.2. The van der Waals surface area contributed by atoms with E-state index in [0.717, 1.165) is 20.7 Å². The Balaban J connectivity index is 0.000000302. The molecule has 2 fully saturated rings. The second-order valence-corrected chi connectivity index (χ2v) is 13.3. The standard InChI is InChI=1S/C6H12S2.C5H11NS.C5H10S2/c1-4-5-7-6(2,3)8-5;1-4-6(3)5(2)7;1-2-5-6-3-4-7-5/h5H,4H2,1-3H3;4H2,1-3H3;5H,2-4H2,1H3. The molecule has 0 aromatic heterocycles. The molecule has 0 N–H and O–H groups in total. The van der Waals surface area contributed by atoms with Crippen LogP contribution in [0.15, 0.2) is 0 Å². The zero-order valence-electron chi connectivity index (χ0n) is 15.2. The zero-order chi connectivity index (χ0) is 17.2. The molecule has 0 radical (unpaired) electrons. The molecule has 0 aromatic carbocycles. The first-order valence-electron chi connectivity index (χ1n) is 8.06. The summed E-state index contributed by atoms with van der Waals surface area (Å²) in [6.07, 6.45) is 2.66. The van der Waals surface area contributed by atoms with Crippen molar-refractivity contribution in [1.82, 2.24) is 4.90 Å². The van der Waals surface area contributed by atoms with Crippen LogP contribution in [0.1, 0.15) is 54.4 Å². The number of hydrogen-bond donors (Lipinski definition) is 0. The van der Waals surface area contributed by atoms with Crippen LogP contribution in [0.25, 0.3) is 0 Å². The molecule has 0 atom stereocenters. The van der Waals surface area contributed by atoms with E-state index in [-0.39, 0.29) is 0 Å². The molecule has 2 heterocycles. The molecule has 0 saturated carbocycles. The third-order valence-electron chi connectivity index (χ3n) is 3.20. The average Bonchev–Trinajstić information content (AvgIpc) is 2.98. The molecule has 0 spiro atoms. The maximum absolute atomic E-state index is 4.84. The van der Waals surface area contributed by atoms with Gasteiger partial charge in [-0.15, -0.1) is 47.0 Å². The van der Waals surface area contributed by atoms with Gasteiger partial charge < -0.3 is 4.90 Å². The minimum Gasteiger partial charge on any atom is -0.370 e. The number of thioether (sulfide) groups is 4. The molecule has 0 unspecified atom stereocenters. The van der Waals surface area contributed by atoms with Gasteiger partial charge in [-0.25, -0.2) is 0 Å². The summed E-state index contributed by atoms with van der Waals surface area (Å²) in [6, 6.07) is 0. The fraction of sp³-hybridized carbons (Fsp3) is 0.938. The van der Waals surface area contributed by atoms with Crippen molar-refractivity contribution in [3.05, 3.63) is 0 Å². The van der Waals surface area contributed by atoms with E-state index in [1.807, 2.05) is 18.9 Å². The average molecular weight is 400 g/mol. The summed E-state index contributed by atoms with van der Waals surface area (Å²) < 4.78 is 2.35. The first-order valence-corrected chi connectivity index (χ1v) is 12.3. The van der Waals surface area contributed by atoms with Gasteiger partial charge in [-0.2, -0.15) is 0 Å². The van der Waals surface area contributed by atoms with Crippen molar-refractivity contribution in [2.45, 2.75) is 67.6 Å². The van der Waals surface area contributed by atoms with Crippen molar-refractivity contribution in [3.8, 4) is 0 Å². The number of nitrogens with zero attached hydrogens (tertiary/aromatic N) is 1. The van der Waals surface area contributed by atoms with Crippen molar-refractivity contribution in [1.29, 1.82) is 0 Å². The SMILES string of the molecule is CCC1SC(C)(C)S1.CCC1SCCS1.CCN(C)C(C)=S. The van der Waals surface area contributed by atoms with Crippen molar-refractivity contribution < 1.29 is 0 Å². The minimum absolute atomic E-state index is 0.528. The van der Waals surface area contributed by atoms with E-state index in [1.54, 1.807) is 0 Å². The van der Waals surface area contributed by atoms with Crippen LogP contribution in [-0.4, -0.2) is 48.2 Å². The summed E-state index contributed by atoms with van der Waals surface area (Å²) in [5.74, 6) is 2.76. The van der Waals surface area contributed by atoms with Crippen molar-refractivity contribution in [2.24, 2.45) is 0 Å². The van der Waals surface area contributed by atoms with Crippen LogP contribution in [0.3, 0.4) is 0 Å². The molecule has 2 rings (SSSR count). The number of thiocarbonyl (C=S) groups is 1. The van der Waals surface area contributed by atoms with Gasteiger partial charge in [-0.3, -0.25) is 0 Å². The zero-order valence-corrected chi connectivity index (χ0v) is 19.3. The van der Waals surface area contributed by atoms with Gasteiger partial charge in [0.15, 0.2) is 0 Å². The quantitative estimate of drug-likeness (QED) is 0.500. The van der Waals surface area contributed by atoms with E-state index < -0.39 is 0 Å². The van der Waals surface area contributed by atoms with Crippen LogP contribution in [0, 0.1) is 0 Å². The lowest BCUT2D eigenvalue weighted by Gasteiger charge is -2.40. The highest BCUT2D eigenvalue weighted by molar-refractivity contribution is 8.34. The molecule has 0 bridgehead atoms. The molecular formula is C16H33NS5. The predicted molar refractivity (Wildman–Crippen MR) is 119 cm³/mol. The van der Waals surface area contributed by atoms with Gasteiger partial charge in [0.05, 0.1) is 13.6 Å². The summed E-state index contributed by atoms with van der Waals surface area (Å²) in [6.45, 7) is 14.1. The van der Waals surface area contributed by atoms with Crippen molar-refractivity contribution in [2.75, 3.05) is 25.1 Å². The fourth-order valence-corrected chi connectivity index (χ4v) is 8.00. The maximum atomic E-state index is 4.84. The van der Waals surface area contributed by atoms with E-state index in [9.17, 15) is 0 Å². The lowest BCUT2D eigenvalue weighted by molar-refractivity contribution is 0.542. The Labute approximate surface area is 161 Å². The Bertz CT molecular complexity index is 295. The van der Waals surface area contributed by atoms with Gasteiger partial charge >= 0.3 is 0 Å². The summed E-state index contributed by atoms with van der Waals surface area (Å²) in [5.41, 5.74) is 0. The third-order valence-corrected chi connectivity index (χ3v) is 10.4. The van der Waals surface area contributed by atoms with Crippen molar-refractivity contribution in [3.63, 3.8) is 0 Å². The van der Waals surface area contributed by atoms with Gasteiger partial charge in [0.2, 0.25) is 0 Å². The Morgan fingerprint density at radius 2 is 1.50 bits per heavy atom. The maximum Gasteiger partial charge on any atom is 0.0745 e. The highest BCUT2D eigenvalue weighted by Gasteiger charge is 2.36. The lowest BCUT2D eigenvalue weighted by Crippen LogP contribution is -2.26. The predicted octanol–water partition coefficient (Wildman–Crippen LogP) is 6.43. The monoisotopic (exact) mass is 399 g/mol. The van der Waals surface area contributed by atoms with Gasteiger partial charge in [0.25, 0.3) is 0 Å². The fourth-order valence-electron chi connectivity index (χ4n) is 1.67. The van der Waals surface area contributed by atoms with Crippen LogP contribution in [-0.2, 0) is 0 Å². The molecule has 0 aliphatic carbocycles. The van der Waals surface area contributed by atoms with E-state index in [1.165, 1.54) is 24.3 Å². The van der Waals surface area contributed by atoms with E-state index in [4.69, 9.17) is 12.2 Å². The Morgan fingerprint density at radius 1 is 1.05 bits per heavy atom. The second kappa shape index (κ2) is 12.6. The molecule has 0 aromatic rings. The first kappa shape index (κ1) is 23.3. The van der Waals surface area contributed by atoms with Gasteiger partial charge in [0.1, 0.15) is 0 Å². The van der Waals surface area contributed by atoms with E-state index in [2.05, 4.69) is 81.7 Å². The Hall–Kier alpha value is 1.29. The summed E-state index contributed by atoms with van der Waals surface area (Å²) in [5, 5.41) is 0. The molecule has 22 heavy (non-hydrogen) atoms. The van der Waals surface area contributed by atoms with Gasteiger partial charge in [-0.05, 0) is 40.5 Å². The second-order valence-electron chi connectivity index (χ2n) is 5.59. The molecule has 132 valence electrons. The van der Waals surface area contributed by atoms with Gasteiger partial charge in [-0.1, -0.05) is 26.1 Å². The highest BCUT2D eigenvalue weighted by Crippen LogP contribution is 2.56. The molecule has 1 nitrogen and oxygen atoms in total. The third kappa shape index (κ3) is 11.0.